The van der Waals surface area contributed by atoms with E-state index in [-0.39, 0.29) is 11.4 Å². The topological polar surface area (TPSA) is 79.8 Å². The van der Waals surface area contributed by atoms with E-state index in [1.807, 2.05) is 13.8 Å². The largest absolute Gasteiger partial charge is 0.303 e. The van der Waals surface area contributed by atoms with Crippen LogP contribution in [0.5, 0.6) is 0 Å². The molecule has 0 aliphatic carbocycles. The lowest BCUT2D eigenvalue weighted by Gasteiger charge is -2.07. The average molecular weight is 312 g/mol. The number of aryl methyl sites for hydroxylation is 1. The Morgan fingerprint density at radius 2 is 2.00 bits per heavy atom. The maximum absolute atomic E-state index is 12.1. The van der Waals surface area contributed by atoms with E-state index in [4.69, 9.17) is 12.2 Å². The van der Waals surface area contributed by atoms with Gasteiger partial charge in [-0.25, -0.2) is 13.1 Å². The minimum Gasteiger partial charge on any atom is -0.303 e. The molecule has 0 bridgehead atoms. The van der Waals surface area contributed by atoms with E-state index in [9.17, 15) is 8.42 Å². The first-order valence-electron chi connectivity index (χ1n) is 6.14. The summed E-state index contributed by atoms with van der Waals surface area (Å²) in [5.74, 6) is 0.563. The second-order valence-electron chi connectivity index (χ2n) is 4.33. The van der Waals surface area contributed by atoms with E-state index >= 15 is 0 Å². The molecule has 2 N–H and O–H groups in total. The maximum atomic E-state index is 12.1. The van der Waals surface area contributed by atoms with Crippen molar-refractivity contribution in [1.82, 2.24) is 19.5 Å². The maximum Gasteiger partial charge on any atom is 0.240 e. The van der Waals surface area contributed by atoms with E-state index in [0.717, 1.165) is 5.56 Å². The summed E-state index contributed by atoms with van der Waals surface area (Å²) in [7, 11) is -3.54. The van der Waals surface area contributed by atoms with Gasteiger partial charge >= 0.3 is 0 Å². The fourth-order valence-electron chi connectivity index (χ4n) is 1.77. The predicted octanol–water partition coefficient (Wildman–Crippen LogP) is 1.75. The Morgan fingerprint density at radius 3 is 2.60 bits per heavy atom. The zero-order chi connectivity index (χ0) is 14.8. The highest BCUT2D eigenvalue weighted by atomic mass is 32.2. The van der Waals surface area contributed by atoms with E-state index in [2.05, 4.69) is 14.9 Å². The lowest BCUT2D eigenvalue weighted by Crippen LogP contribution is -2.25. The minimum atomic E-state index is -3.54. The van der Waals surface area contributed by atoms with Crippen LogP contribution in [0.4, 0.5) is 0 Å². The molecule has 0 radical (unpaired) electrons. The molecule has 108 valence electrons. The van der Waals surface area contributed by atoms with Gasteiger partial charge in [0.1, 0.15) is 5.82 Å². The van der Waals surface area contributed by atoms with E-state index in [0.29, 0.717) is 17.1 Å². The number of rotatable bonds is 5. The Morgan fingerprint density at radius 1 is 1.35 bits per heavy atom. The molecule has 0 amide bonds. The van der Waals surface area contributed by atoms with Gasteiger partial charge in [0.2, 0.25) is 10.0 Å². The summed E-state index contributed by atoms with van der Waals surface area (Å²) < 4.78 is 29.0. The highest BCUT2D eigenvalue weighted by Gasteiger charge is 2.15. The van der Waals surface area contributed by atoms with Crippen molar-refractivity contribution in [2.24, 2.45) is 0 Å². The van der Waals surface area contributed by atoms with Crippen molar-refractivity contribution in [3.05, 3.63) is 40.4 Å². The number of benzene rings is 1. The fourth-order valence-corrected chi connectivity index (χ4v) is 3.03. The predicted molar refractivity (Wildman–Crippen MR) is 78.3 cm³/mol. The Balaban J connectivity index is 2.17. The summed E-state index contributed by atoms with van der Waals surface area (Å²) in [5.41, 5.74) is 1.01. The molecule has 1 heterocycles. The lowest BCUT2D eigenvalue weighted by molar-refractivity contribution is 0.575. The molecule has 0 atom stereocenters. The standard InChI is InChI=1S/C12H16N4O2S2/c1-3-16-11(14-15-12(16)19)8-13-20(17,18)10-6-4-9(2)5-7-10/h4-7,13H,3,8H2,1-2H3,(H,15,19). The van der Waals surface area contributed by atoms with Gasteiger partial charge in [0.05, 0.1) is 11.4 Å². The van der Waals surface area contributed by atoms with Crippen LogP contribution in [0.15, 0.2) is 29.2 Å². The van der Waals surface area contributed by atoms with Crippen LogP contribution >= 0.6 is 12.2 Å². The third-order valence-electron chi connectivity index (χ3n) is 2.91. The third-order valence-corrected chi connectivity index (χ3v) is 4.63. The van der Waals surface area contributed by atoms with Crippen molar-refractivity contribution in [2.75, 3.05) is 0 Å². The first-order valence-corrected chi connectivity index (χ1v) is 8.03. The van der Waals surface area contributed by atoms with Crippen LogP contribution in [-0.2, 0) is 23.1 Å². The molecule has 0 aliphatic heterocycles. The molecule has 1 aromatic carbocycles. The molecule has 0 saturated heterocycles. The number of H-pyrrole nitrogens is 1. The van der Waals surface area contributed by atoms with Crippen molar-refractivity contribution in [1.29, 1.82) is 0 Å². The van der Waals surface area contributed by atoms with Gasteiger partial charge in [0, 0.05) is 6.54 Å². The molecule has 0 aliphatic rings. The van der Waals surface area contributed by atoms with Crippen LogP contribution in [0.3, 0.4) is 0 Å². The first-order chi connectivity index (χ1) is 9.44. The van der Waals surface area contributed by atoms with Crippen LogP contribution in [-0.4, -0.2) is 23.2 Å². The monoisotopic (exact) mass is 312 g/mol. The minimum absolute atomic E-state index is 0.0944. The summed E-state index contributed by atoms with van der Waals surface area (Å²) in [5, 5.41) is 6.67. The molecular weight excluding hydrogens is 296 g/mol. The number of nitrogens with one attached hydrogen (secondary N) is 2. The highest BCUT2D eigenvalue weighted by molar-refractivity contribution is 7.89. The summed E-state index contributed by atoms with van der Waals surface area (Å²) >= 11 is 5.06. The Bertz CT molecular complexity index is 745. The van der Waals surface area contributed by atoms with Crippen molar-refractivity contribution in [3.63, 3.8) is 0 Å². The molecule has 0 saturated carbocycles. The summed E-state index contributed by atoms with van der Waals surface area (Å²) in [6.45, 7) is 4.56. The van der Waals surface area contributed by atoms with Crippen molar-refractivity contribution in [2.45, 2.75) is 31.8 Å². The fraction of sp³-hybridized carbons (Fsp3) is 0.333. The normalized spacial score (nSPS) is 11.7. The van der Waals surface area contributed by atoms with Crippen molar-refractivity contribution < 1.29 is 8.42 Å². The second kappa shape index (κ2) is 5.86. The lowest BCUT2D eigenvalue weighted by atomic mass is 10.2. The third kappa shape index (κ3) is 3.14. The van der Waals surface area contributed by atoms with E-state index in [1.54, 1.807) is 28.8 Å². The van der Waals surface area contributed by atoms with Crippen molar-refractivity contribution >= 4 is 22.2 Å². The second-order valence-corrected chi connectivity index (χ2v) is 6.48. The summed E-state index contributed by atoms with van der Waals surface area (Å²) in [6, 6.07) is 6.68. The van der Waals surface area contributed by atoms with Crippen molar-refractivity contribution in [3.8, 4) is 0 Å². The molecule has 8 heteroatoms. The molecule has 6 nitrogen and oxygen atoms in total. The summed E-state index contributed by atoms with van der Waals surface area (Å²) in [4.78, 5) is 0.236. The molecule has 0 fully saturated rings. The first kappa shape index (κ1) is 14.9. The molecule has 2 aromatic rings. The molecule has 20 heavy (non-hydrogen) atoms. The Labute approximate surface area is 122 Å². The van der Waals surface area contributed by atoms with Gasteiger partial charge in [0.25, 0.3) is 0 Å². The smallest absolute Gasteiger partial charge is 0.240 e. The molecule has 2 rings (SSSR count). The number of aromatic amines is 1. The van der Waals surface area contributed by atoms with Crippen LogP contribution < -0.4 is 4.72 Å². The van der Waals surface area contributed by atoms with Gasteiger partial charge < -0.3 is 4.57 Å². The number of sulfonamides is 1. The van der Waals surface area contributed by atoms with Gasteiger partial charge in [-0.15, -0.1) is 0 Å². The number of nitrogens with zero attached hydrogens (tertiary/aromatic N) is 2. The van der Waals surface area contributed by atoms with Gasteiger partial charge in [-0.05, 0) is 38.2 Å². The van der Waals surface area contributed by atoms with Gasteiger partial charge in [0.15, 0.2) is 4.77 Å². The molecule has 1 aromatic heterocycles. The number of hydrogen-bond donors (Lipinski definition) is 2. The average Bonchev–Trinajstić information content (AvgIpc) is 2.77. The van der Waals surface area contributed by atoms with E-state index in [1.165, 1.54) is 0 Å². The zero-order valence-corrected chi connectivity index (χ0v) is 12.9. The summed E-state index contributed by atoms with van der Waals surface area (Å²) in [6.07, 6.45) is 0. The number of hydrogen-bond acceptors (Lipinski definition) is 4. The van der Waals surface area contributed by atoms with Gasteiger partial charge in [-0.1, -0.05) is 17.7 Å². The van der Waals surface area contributed by atoms with Crippen LogP contribution in [0.1, 0.15) is 18.3 Å². The Hall–Kier alpha value is -1.51. The van der Waals surface area contributed by atoms with Crippen LogP contribution in [0.2, 0.25) is 0 Å². The van der Waals surface area contributed by atoms with Gasteiger partial charge in [-0.3, -0.25) is 5.10 Å². The Kier molecular flexibility index (Phi) is 4.36. The molecule has 0 unspecified atom stereocenters. The number of aromatic nitrogens is 3. The highest BCUT2D eigenvalue weighted by Crippen LogP contribution is 2.10. The van der Waals surface area contributed by atoms with Crippen LogP contribution in [0.25, 0.3) is 0 Å². The van der Waals surface area contributed by atoms with E-state index < -0.39 is 10.0 Å². The van der Waals surface area contributed by atoms with Gasteiger partial charge in [-0.2, -0.15) is 5.10 Å². The molecular formula is C12H16N4O2S2. The zero-order valence-electron chi connectivity index (χ0n) is 11.3. The quantitative estimate of drug-likeness (QED) is 0.824. The molecule has 0 spiro atoms. The SMILES string of the molecule is CCn1c(CNS(=O)(=O)c2ccc(C)cc2)n[nH]c1=S. The van der Waals surface area contributed by atoms with Crippen LogP contribution in [0, 0.1) is 11.7 Å².